The van der Waals surface area contributed by atoms with Gasteiger partial charge in [-0.3, -0.25) is 4.21 Å². The van der Waals surface area contributed by atoms with E-state index in [1.54, 1.807) is 6.07 Å². The van der Waals surface area contributed by atoms with Crippen LogP contribution in [0.2, 0.25) is 0 Å². The second-order valence-electron chi connectivity index (χ2n) is 7.19. The molecule has 2 rings (SSSR count). The lowest BCUT2D eigenvalue weighted by Crippen LogP contribution is -2.48. The smallest absolute Gasteiger partial charge is 0.319 e. The van der Waals surface area contributed by atoms with Crippen LogP contribution in [-0.4, -0.2) is 32.2 Å². The van der Waals surface area contributed by atoms with Crippen LogP contribution in [0, 0.1) is 0 Å². The van der Waals surface area contributed by atoms with Crippen molar-refractivity contribution in [3.05, 3.63) is 29.8 Å². The summed E-state index contributed by atoms with van der Waals surface area (Å²) < 4.78 is 11.9. The molecule has 1 aromatic carbocycles. The van der Waals surface area contributed by atoms with E-state index in [1.807, 2.05) is 39.0 Å². The molecular formula is C17H26N2O3S. The molecule has 0 saturated heterocycles. The minimum Gasteiger partial charge on any atom is -0.388 e. The molecule has 0 heterocycles. The Bertz CT molecular complexity index is 592. The van der Waals surface area contributed by atoms with Crippen molar-refractivity contribution in [2.24, 2.45) is 0 Å². The average Bonchev–Trinajstić information content (AvgIpc) is 2.42. The van der Waals surface area contributed by atoms with Gasteiger partial charge in [-0.25, -0.2) is 4.79 Å². The number of benzene rings is 1. The van der Waals surface area contributed by atoms with E-state index in [0.29, 0.717) is 11.4 Å². The van der Waals surface area contributed by atoms with E-state index in [9.17, 15) is 14.1 Å². The number of amides is 2. The summed E-state index contributed by atoms with van der Waals surface area (Å²) in [6.45, 7) is 6.12. The van der Waals surface area contributed by atoms with Crippen molar-refractivity contribution in [2.45, 2.75) is 56.1 Å². The molecule has 0 radical (unpaired) electrons. The van der Waals surface area contributed by atoms with E-state index >= 15 is 0 Å². The Hall–Kier alpha value is -1.40. The highest BCUT2D eigenvalue weighted by molar-refractivity contribution is 7.85. The van der Waals surface area contributed by atoms with Crippen LogP contribution in [0.15, 0.2) is 24.3 Å². The lowest BCUT2D eigenvalue weighted by atomic mass is 9.80. The van der Waals surface area contributed by atoms with Crippen molar-refractivity contribution >= 4 is 22.5 Å². The third-order valence-electron chi connectivity index (χ3n) is 4.03. The van der Waals surface area contributed by atoms with Crippen molar-refractivity contribution in [3.8, 4) is 0 Å². The molecule has 5 nitrogen and oxygen atoms in total. The Morgan fingerprint density at radius 2 is 2.04 bits per heavy atom. The van der Waals surface area contributed by atoms with Crippen LogP contribution in [0.5, 0.6) is 0 Å². The van der Waals surface area contributed by atoms with Gasteiger partial charge in [0.05, 0.1) is 5.60 Å². The van der Waals surface area contributed by atoms with Crippen molar-refractivity contribution in [2.75, 3.05) is 11.9 Å². The monoisotopic (exact) mass is 338 g/mol. The van der Waals surface area contributed by atoms with Crippen LogP contribution >= 0.6 is 0 Å². The van der Waals surface area contributed by atoms with Gasteiger partial charge < -0.3 is 15.7 Å². The molecule has 1 saturated carbocycles. The zero-order valence-electron chi connectivity index (χ0n) is 14.0. The molecule has 1 aliphatic carbocycles. The highest BCUT2D eigenvalue weighted by Crippen LogP contribution is 2.30. The number of rotatable bonds is 5. The maximum Gasteiger partial charge on any atom is 0.319 e. The summed E-state index contributed by atoms with van der Waals surface area (Å²) in [4.78, 5) is 11.9. The first-order valence-electron chi connectivity index (χ1n) is 7.93. The molecule has 23 heavy (non-hydrogen) atoms. The van der Waals surface area contributed by atoms with Gasteiger partial charge in [0.2, 0.25) is 0 Å². The molecule has 0 spiro atoms. The van der Waals surface area contributed by atoms with Gasteiger partial charge in [-0.2, -0.15) is 0 Å². The Kier molecular flexibility index (Phi) is 5.47. The van der Waals surface area contributed by atoms with Crippen molar-refractivity contribution < 1.29 is 14.1 Å². The number of hydrogen-bond acceptors (Lipinski definition) is 3. The van der Waals surface area contributed by atoms with Crippen molar-refractivity contribution in [1.82, 2.24) is 5.32 Å². The minimum atomic E-state index is -0.979. The summed E-state index contributed by atoms with van der Waals surface area (Å²) in [5.74, 6) is 0.459. The zero-order chi connectivity index (χ0) is 17.1. The summed E-state index contributed by atoms with van der Waals surface area (Å²) in [7, 11) is -0.979. The van der Waals surface area contributed by atoms with Crippen LogP contribution in [0.25, 0.3) is 0 Å². The second kappa shape index (κ2) is 7.01. The van der Waals surface area contributed by atoms with Gasteiger partial charge in [-0.05, 0) is 57.7 Å². The molecule has 3 N–H and O–H groups in total. The number of urea groups is 1. The quantitative estimate of drug-likeness (QED) is 0.772. The van der Waals surface area contributed by atoms with Crippen LogP contribution < -0.4 is 10.6 Å². The predicted octanol–water partition coefficient (Wildman–Crippen LogP) is 2.77. The molecule has 1 unspecified atom stereocenters. The van der Waals surface area contributed by atoms with Gasteiger partial charge in [-0.15, -0.1) is 0 Å². The topological polar surface area (TPSA) is 78.4 Å². The number of nitrogens with one attached hydrogen (secondary N) is 2. The van der Waals surface area contributed by atoms with Gasteiger partial charge in [0.15, 0.2) is 0 Å². The maximum atomic E-state index is 12.2. The van der Waals surface area contributed by atoms with Gasteiger partial charge in [0, 0.05) is 33.5 Å². The number of hydrogen-bond donors (Lipinski definition) is 3. The SMILES string of the molecule is CC(C)(C)S(=O)Cc1cccc(NC(=O)NCC2(O)CCC2)c1. The number of carbonyl (C=O) groups is 1. The normalized spacial score (nSPS) is 17.9. The van der Waals surface area contributed by atoms with E-state index in [-0.39, 0.29) is 17.3 Å². The molecule has 1 fully saturated rings. The maximum absolute atomic E-state index is 12.2. The third-order valence-corrected chi connectivity index (χ3v) is 5.99. The highest BCUT2D eigenvalue weighted by Gasteiger charge is 2.34. The first-order chi connectivity index (χ1) is 10.7. The first-order valence-corrected chi connectivity index (χ1v) is 9.25. The summed E-state index contributed by atoms with van der Waals surface area (Å²) in [6, 6.07) is 7.04. The number of aliphatic hydroxyl groups is 1. The molecule has 6 heteroatoms. The Morgan fingerprint density at radius 3 is 2.61 bits per heavy atom. The highest BCUT2D eigenvalue weighted by atomic mass is 32.2. The van der Waals surface area contributed by atoms with E-state index < -0.39 is 16.4 Å². The third kappa shape index (κ3) is 5.32. The van der Waals surface area contributed by atoms with Gasteiger partial charge in [0.25, 0.3) is 0 Å². The molecule has 0 aliphatic heterocycles. The fourth-order valence-corrected chi connectivity index (χ4v) is 3.20. The molecule has 1 aromatic rings. The lowest BCUT2D eigenvalue weighted by molar-refractivity contribution is -0.0287. The molecule has 1 atom stereocenters. The van der Waals surface area contributed by atoms with Crippen LogP contribution in [0.1, 0.15) is 45.6 Å². The standard InChI is InChI=1S/C17H26N2O3S/c1-16(2,3)23(22)11-13-6-4-7-14(10-13)19-15(20)18-12-17(21)8-5-9-17/h4,6-7,10,21H,5,8-9,11-12H2,1-3H3,(H2,18,19,20). The molecule has 128 valence electrons. The average molecular weight is 338 g/mol. The van der Waals surface area contributed by atoms with Gasteiger partial charge in [-0.1, -0.05) is 12.1 Å². The summed E-state index contributed by atoms with van der Waals surface area (Å²) in [5.41, 5.74) is 0.850. The van der Waals surface area contributed by atoms with E-state index in [1.165, 1.54) is 0 Å². The summed E-state index contributed by atoms with van der Waals surface area (Å²) in [5, 5.41) is 15.4. The van der Waals surface area contributed by atoms with Crippen LogP contribution in [0.3, 0.4) is 0 Å². The molecular weight excluding hydrogens is 312 g/mol. The summed E-state index contributed by atoms with van der Waals surface area (Å²) in [6.07, 6.45) is 2.48. The Balaban J connectivity index is 1.89. The predicted molar refractivity (Wildman–Crippen MR) is 93.9 cm³/mol. The summed E-state index contributed by atoms with van der Waals surface area (Å²) >= 11 is 0. The number of anilines is 1. The molecule has 2 amide bonds. The largest absolute Gasteiger partial charge is 0.388 e. The van der Waals surface area contributed by atoms with Crippen LogP contribution in [-0.2, 0) is 16.6 Å². The fourth-order valence-electron chi connectivity index (χ4n) is 2.29. The van der Waals surface area contributed by atoms with E-state index in [4.69, 9.17) is 0 Å². The molecule has 0 bridgehead atoms. The van der Waals surface area contributed by atoms with Crippen molar-refractivity contribution in [1.29, 1.82) is 0 Å². The second-order valence-corrected chi connectivity index (χ2v) is 9.39. The van der Waals surface area contributed by atoms with E-state index in [2.05, 4.69) is 10.6 Å². The van der Waals surface area contributed by atoms with Gasteiger partial charge >= 0.3 is 6.03 Å². The fraction of sp³-hybridized carbons (Fsp3) is 0.588. The lowest BCUT2D eigenvalue weighted by Gasteiger charge is -2.36. The first kappa shape index (κ1) is 17.9. The zero-order valence-corrected chi connectivity index (χ0v) is 14.8. The molecule has 1 aliphatic rings. The van der Waals surface area contributed by atoms with Crippen LogP contribution in [0.4, 0.5) is 10.5 Å². The minimum absolute atomic E-state index is 0.265. The Labute approximate surface area is 140 Å². The number of carbonyl (C=O) groups excluding carboxylic acids is 1. The Morgan fingerprint density at radius 1 is 1.35 bits per heavy atom. The van der Waals surface area contributed by atoms with Crippen molar-refractivity contribution in [3.63, 3.8) is 0 Å². The van der Waals surface area contributed by atoms with Gasteiger partial charge in [0.1, 0.15) is 0 Å². The molecule has 0 aromatic heterocycles. The van der Waals surface area contributed by atoms with E-state index in [0.717, 1.165) is 24.8 Å².